The zero-order valence-electron chi connectivity index (χ0n) is 21.4. The highest BCUT2D eigenvalue weighted by atomic mass is 16.6. The molecular formula is C28H38O8. The lowest BCUT2D eigenvalue weighted by Gasteiger charge is -2.35. The van der Waals surface area contributed by atoms with Gasteiger partial charge in [-0.05, 0) is 50.8 Å². The number of benzene rings is 1. The highest BCUT2D eigenvalue weighted by Crippen LogP contribution is 2.52. The third-order valence-corrected chi connectivity index (χ3v) is 7.46. The van der Waals surface area contributed by atoms with Gasteiger partial charge in [-0.25, -0.2) is 0 Å². The van der Waals surface area contributed by atoms with Crippen molar-refractivity contribution in [2.45, 2.75) is 77.3 Å². The van der Waals surface area contributed by atoms with Crippen LogP contribution in [0.4, 0.5) is 0 Å². The number of rotatable bonds is 14. The summed E-state index contributed by atoms with van der Waals surface area (Å²) in [6.07, 6.45) is 3.10. The molecule has 2 aliphatic rings. The van der Waals surface area contributed by atoms with Gasteiger partial charge in [-0.3, -0.25) is 14.4 Å². The number of ether oxygens (including phenoxy) is 3. The number of esters is 1. The van der Waals surface area contributed by atoms with Crippen LogP contribution in [0.2, 0.25) is 0 Å². The van der Waals surface area contributed by atoms with Gasteiger partial charge in [0.05, 0.1) is 49.5 Å². The van der Waals surface area contributed by atoms with Crippen LogP contribution in [0.15, 0.2) is 42.5 Å². The first-order valence-electron chi connectivity index (χ1n) is 12.6. The minimum Gasteiger partial charge on any atom is -0.481 e. The predicted molar refractivity (Wildman–Crippen MR) is 132 cm³/mol. The van der Waals surface area contributed by atoms with E-state index in [1.165, 1.54) is 6.08 Å². The van der Waals surface area contributed by atoms with Crippen LogP contribution in [0.1, 0.15) is 58.4 Å². The first kappa shape index (κ1) is 28.0. The molecule has 2 fully saturated rings. The molecule has 0 aliphatic carbocycles. The third-order valence-electron chi connectivity index (χ3n) is 7.46. The molecule has 8 heteroatoms. The van der Waals surface area contributed by atoms with E-state index in [1.807, 2.05) is 51.1 Å². The molecule has 3 rings (SSSR count). The zero-order valence-corrected chi connectivity index (χ0v) is 21.4. The number of carboxylic acids is 1. The standard InChI is InChI=1S/C28H38O8/c1-4-27(2,3)26(33)35-18-23-22(17-34-16-19-8-6-5-7-9-19)24-11-13-28(23,36-24)12-10-20(29)14-21(30)15-25(31)32/h5-10,12,21-24,30H,4,11,13-18H2,1-3H3,(H,31,32)/t21-,22?,23-,24-,28+/m1/s1. The fourth-order valence-electron chi connectivity index (χ4n) is 4.90. The van der Waals surface area contributed by atoms with Crippen LogP contribution in [-0.2, 0) is 35.2 Å². The Morgan fingerprint density at radius 3 is 2.58 bits per heavy atom. The van der Waals surface area contributed by atoms with E-state index in [4.69, 9.17) is 19.3 Å². The van der Waals surface area contributed by atoms with Crippen molar-refractivity contribution >= 4 is 17.7 Å². The molecule has 1 aromatic carbocycles. The van der Waals surface area contributed by atoms with E-state index >= 15 is 0 Å². The number of aliphatic hydroxyl groups excluding tert-OH is 1. The average Bonchev–Trinajstić information content (AvgIpc) is 3.38. The second kappa shape index (κ2) is 12.1. The first-order valence-corrected chi connectivity index (χ1v) is 12.6. The molecule has 0 spiro atoms. The van der Waals surface area contributed by atoms with E-state index in [1.54, 1.807) is 6.08 Å². The summed E-state index contributed by atoms with van der Waals surface area (Å²) in [5, 5.41) is 18.6. The molecule has 8 nitrogen and oxygen atoms in total. The number of carbonyl (C=O) groups is 3. The van der Waals surface area contributed by atoms with Crippen molar-refractivity contribution in [1.29, 1.82) is 0 Å². The maximum absolute atomic E-state index is 12.7. The van der Waals surface area contributed by atoms with Crippen LogP contribution in [0.3, 0.4) is 0 Å². The molecule has 2 heterocycles. The topological polar surface area (TPSA) is 119 Å². The SMILES string of the molecule is CCC(C)(C)C(=O)OC[C@@H]1C(COCc2ccccc2)[C@H]2CC[C@]1(C=CC(=O)C[C@@H](O)CC(=O)O)O2. The number of carbonyl (C=O) groups excluding carboxylic acids is 2. The molecule has 2 N–H and O–H groups in total. The molecule has 1 unspecified atom stereocenters. The summed E-state index contributed by atoms with van der Waals surface area (Å²) < 4.78 is 18.2. The fourth-order valence-corrected chi connectivity index (χ4v) is 4.90. The van der Waals surface area contributed by atoms with Crippen LogP contribution in [0.25, 0.3) is 0 Å². The van der Waals surface area contributed by atoms with Gasteiger partial charge in [-0.15, -0.1) is 0 Å². The lowest BCUT2D eigenvalue weighted by atomic mass is 9.72. The maximum atomic E-state index is 12.7. The van der Waals surface area contributed by atoms with Crippen LogP contribution in [-0.4, -0.2) is 59.0 Å². The van der Waals surface area contributed by atoms with Gasteiger partial charge in [0.2, 0.25) is 0 Å². The van der Waals surface area contributed by atoms with E-state index in [0.717, 1.165) is 12.0 Å². The molecule has 36 heavy (non-hydrogen) atoms. The number of ketones is 1. The van der Waals surface area contributed by atoms with Gasteiger partial charge in [0, 0.05) is 18.3 Å². The summed E-state index contributed by atoms with van der Waals surface area (Å²) in [6, 6.07) is 9.87. The van der Waals surface area contributed by atoms with Gasteiger partial charge in [-0.2, -0.15) is 0 Å². The summed E-state index contributed by atoms with van der Waals surface area (Å²) in [4.78, 5) is 35.9. The van der Waals surface area contributed by atoms with E-state index in [0.29, 0.717) is 26.1 Å². The molecule has 2 bridgehead atoms. The quantitative estimate of drug-likeness (QED) is 0.292. The summed E-state index contributed by atoms with van der Waals surface area (Å²) in [5.74, 6) is -2.03. The summed E-state index contributed by atoms with van der Waals surface area (Å²) in [5.41, 5.74) is -0.318. The van der Waals surface area contributed by atoms with E-state index < -0.39 is 29.5 Å². The van der Waals surface area contributed by atoms with Crippen LogP contribution >= 0.6 is 0 Å². The zero-order chi connectivity index (χ0) is 26.3. The smallest absolute Gasteiger partial charge is 0.311 e. The Labute approximate surface area is 212 Å². The number of carboxylic acid groups (broad SMARTS) is 1. The van der Waals surface area contributed by atoms with Crippen molar-refractivity contribution in [3.63, 3.8) is 0 Å². The monoisotopic (exact) mass is 502 g/mol. The molecule has 0 amide bonds. The van der Waals surface area contributed by atoms with E-state index in [-0.39, 0.29) is 42.7 Å². The Kier molecular flexibility index (Phi) is 9.44. The average molecular weight is 503 g/mol. The number of aliphatic carboxylic acids is 1. The Morgan fingerprint density at radius 1 is 1.19 bits per heavy atom. The lowest BCUT2D eigenvalue weighted by Crippen LogP contribution is -2.42. The van der Waals surface area contributed by atoms with Crippen molar-refractivity contribution in [1.82, 2.24) is 0 Å². The second-order valence-corrected chi connectivity index (χ2v) is 10.5. The van der Waals surface area contributed by atoms with Crippen LogP contribution in [0.5, 0.6) is 0 Å². The minimum absolute atomic E-state index is 0.0163. The highest BCUT2D eigenvalue weighted by molar-refractivity contribution is 5.90. The van der Waals surface area contributed by atoms with Gasteiger partial charge in [0.1, 0.15) is 0 Å². The number of hydrogen-bond donors (Lipinski definition) is 2. The number of allylic oxidation sites excluding steroid dienone is 1. The summed E-state index contributed by atoms with van der Waals surface area (Å²) >= 11 is 0. The highest BCUT2D eigenvalue weighted by Gasteiger charge is 2.58. The lowest BCUT2D eigenvalue weighted by molar-refractivity contribution is -0.157. The minimum atomic E-state index is -1.25. The summed E-state index contributed by atoms with van der Waals surface area (Å²) in [7, 11) is 0. The Morgan fingerprint density at radius 2 is 1.92 bits per heavy atom. The van der Waals surface area contributed by atoms with Gasteiger partial charge in [-0.1, -0.05) is 37.3 Å². The van der Waals surface area contributed by atoms with E-state index in [9.17, 15) is 19.5 Å². The number of aliphatic hydroxyl groups is 1. The number of fused-ring (bicyclic) bond motifs is 2. The van der Waals surface area contributed by atoms with E-state index in [2.05, 4.69) is 0 Å². The van der Waals surface area contributed by atoms with Gasteiger partial charge >= 0.3 is 11.9 Å². The number of hydrogen-bond acceptors (Lipinski definition) is 7. The molecule has 5 atom stereocenters. The Hall–Kier alpha value is -2.55. The molecular weight excluding hydrogens is 464 g/mol. The van der Waals surface area contributed by atoms with Gasteiger partial charge < -0.3 is 24.4 Å². The van der Waals surface area contributed by atoms with Gasteiger partial charge in [0.15, 0.2) is 5.78 Å². The van der Waals surface area contributed by atoms with Crippen LogP contribution < -0.4 is 0 Å². The normalized spacial score (nSPS) is 26.3. The second-order valence-electron chi connectivity index (χ2n) is 10.5. The fraction of sp³-hybridized carbons (Fsp3) is 0.607. The Balaban J connectivity index is 1.71. The van der Waals surface area contributed by atoms with Crippen molar-refractivity contribution < 1.29 is 38.8 Å². The van der Waals surface area contributed by atoms with Crippen molar-refractivity contribution in [2.75, 3.05) is 13.2 Å². The largest absolute Gasteiger partial charge is 0.481 e. The molecule has 0 aromatic heterocycles. The van der Waals surface area contributed by atoms with Gasteiger partial charge in [0.25, 0.3) is 0 Å². The first-order chi connectivity index (χ1) is 17.1. The predicted octanol–water partition coefficient (Wildman–Crippen LogP) is 3.70. The molecule has 2 saturated heterocycles. The van der Waals surface area contributed by atoms with Crippen molar-refractivity contribution in [3.05, 3.63) is 48.0 Å². The summed E-state index contributed by atoms with van der Waals surface area (Å²) in [6.45, 7) is 6.69. The molecule has 198 valence electrons. The molecule has 0 saturated carbocycles. The third kappa shape index (κ3) is 7.02. The molecule has 0 radical (unpaired) electrons. The maximum Gasteiger partial charge on any atom is 0.311 e. The molecule has 2 aliphatic heterocycles. The van der Waals surface area contributed by atoms with Crippen LogP contribution in [0, 0.1) is 17.3 Å². The van der Waals surface area contributed by atoms with Crippen molar-refractivity contribution in [3.8, 4) is 0 Å². The Bertz CT molecular complexity index is 940. The molecule has 1 aromatic rings. The van der Waals surface area contributed by atoms with Crippen molar-refractivity contribution in [2.24, 2.45) is 17.3 Å².